The molecule has 1 saturated heterocycles. The molecule has 0 spiro atoms. The van der Waals surface area contributed by atoms with Gasteiger partial charge in [-0.3, -0.25) is 9.59 Å². The fourth-order valence-electron chi connectivity index (χ4n) is 3.36. The van der Waals surface area contributed by atoms with E-state index in [1.165, 1.54) is 44.4 Å². The quantitative estimate of drug-likeness (QED) is 0.803. The first-order valence-corrected chi connectivity index (χ1v) is 9.05. The van der Waals surface area contributed by atoms with Crippen LogP contribution in [-0.4, -0.2) is 39.7 Å². The summed E-state index contributed by atoms with van der Waals surface area (Å²) in [6.45, 7) is 1.92. The summed E-state index contributed by atoms with van der Waals surface area (Å²) >= 11 is 0. The van der Waals surface area contributed by atoms with Gasteiger partial charge in [0.1, 0.15) is 5.82 Å². The van der Waals surface area contributed by atoms with E-state index in [0.29, 0.717) is 34.2 Å². The highest BCUT2D eigenvalue weighted by molar-refractivity contribution is 6.04. The van der Waals surface area contributed by atoms with E-state index in [4.69, 9.17) is 14.2 Å². The van der Waals surface area contributed by atoms with Gasteiger partial charge in [-0.15, -0.1) is 0 Å². The van der Waals surface area contributed by atoms with Gasteiger partial charge in [-0.05, 0) is 30.7 Å². The molecule has 0 saturated carbocycles. The van der Waals surface area contributed by atoms with Gasteiger partial charge in [-0.2, -0.15) is 0 Å². The topological polar surface area (TPSA) is 77.1 Å². The first kappa shape index (κ1) is 20.4. The minimum Gasteiger partial charge on any atom is -0.493 e. The van der Waals surface area contributed by atoms with Gasteiger partial charge in [-0.25, -0.2) is 4.39 Å². The van der Waals surface area contributed by atoms with Gasteiger partial charge in [0.15, 0.2) is 11.5 Å². The summed E-state index contributed by atoms with van der Waals surface area (Å²) in [4.78, 5) is 26.8. The predicted octanol–water partition coefficient (Wildman–Crippen LogP) is 3.15. The second-order valence-electron chi connectivity index (χ2n) is 6.74. The van der Waals surface area contributed by atoms with Crippen molar-refractivity contribution in [2.75, 3.05) is 38.1 Å². The summed E-state index contributed by atoms with van der Waals surface area (Å²) in [6.07, 6.45) is 0.0722. The molecule has 1 N–H and O–H groups in total. The number of anilines is 2. The standard InChI is InChI=1S/C21H23FN2O5/c1-12-7-14(22)5-6-16(12)23-21(26)13-8-19(25)24(11-13)15-9-17(27-2)20(29-4)18(10-15)28-3/h5-7,9-10,13H,8,11H2,1-4H3,(H,23,26)/t13-/m1/s1. The molecule has 0 aliphatic carbocycles. The molecule has 0 radical (unpaired) electrons. The van der Waals surface area contributed by atoms with Crippen LogP contribution in [0.25, 0.3) is 0 Å². The third-order valence-corrected chi connectivity index (χ3v) is 4.90. The molecule has 3 rings (SSSR count). The summed E-state index contributed by atoms with van der Waals surface area (Å²) < 4.78 is 29.2. The zero-order chi connectivity index (χ0) is 21.1. The fourth-order valence-corrected chi connectivity index (χ4v) is 3.36. The highest BCUT2D eigenvalue weighted by atomic mass is 19.1. The molecule has 0 aromatic heterocycles. The molecule has 0 bridgehead atoms. The average Bonchev–Trinajstić information content (AvgIpc) is 3.10. The molecule has 0 unspecified atom stereocenters. The van der Waals surface area contributed by atoms with Crippen LogP contribution in [0.1, 0.15) is 12.0 Å². The average molecular weight is 402 g/mol. The van der Waals surface area contributed by atoms with E-state index in [1.54, 1.807) is 19.1 Å². The zero-order valence-electron chi connectivity index (χ0n) is 16.7. The van der Waals surface area contributed by atoms with Crippen molar-refractivity contribution in [1.82, 2.24) is 0 Å². The number of hydrogen-bond donors (Lipinski definition) is 1. The molecule has 2 aromatic rings. The number of carbonyl (C=O) groups excluding carboxylic acids is 2. The second-order valence-corrected chi connectivity index (χ2v) is 6.74. The SMILES string of the molecule is COc1cc(N2C[C@H](C(=O)Nc3ccc(F)cc3C)CC2=O)cc(OC)c1OC. The minimum absolute atomic E-state index is 0.0722. The Hall–Kier alpha value is -3.29. The Balaban J connectivity index is 1.80. The van der Waals surface area contributed by atoms with Gasteiger partial charge >= 0.3 is 0 Å². The molecule has 154 valence electrons. The van der Waals surface area contributed by atoms with Crippen LogP contribution in [0, 0.1) is 18.7 Å². The van der Waals surface area contributed by atoms with E-state index in [-0.39, 0.29) is 30.6 Å². The number of methoxy groups -OCH3 is 3. The Kier molecular flexibility index (Phi) is 5.91. The lowest BCUT2D eigenvalue weighted by Gasteiger charge is -2.20. The lowest BCUT2D eigenvalue weighted by atomic mass is 10.1. The number of benzene rings is 2. The van der Waals surface area contributed by atoms with Gasteiger partial charge in [0, 0.05) is 30.8 Å². The predicted molar refractivity (Wildman–Crippen MR) is 106 cm³/mol. The number of hydrogen-bond acceptors (Lipinski definition) is 5. The van der Waals surface area contributed by atoms with E-state index in [0.717, 1.165) is 0 Å². The van der Waals surface area contributed by atoms with Gasteiger partial charge in [0.2, 0.25) is 17.6 Å². The third-order valence-electron chi connectivity index (χ3n) is 4.90. The molecule has 1 aliphatic heterocycles. The number of halogens is 1. The Morgan fingerprint density at radius 1 is 1.10 bits per heavy atom. The summed E-state index contributed by atoms with van der Waals surface area (Å²) in [5.41, 5.74) is 1.69. The van der Waals surface area contributed by atoms with Crippen LogP contribution < -0.4 is 24.4 Å². The molecule has 1 atom stereocenters. The maximum atomic E-state index is 13.3. The van der Waals surface area contributed by atoms with E-state index < -0.39 is 5.92 Å². The summed E-state index contributed by atoms with van der Waals surface area (Å²) in [7, 11) is 4.49. The van der Waals surface area contributed by atoms with Crippen LogP contribution in [-0.2, 0) is 9.59 Å². The number of nitrogens with zero attached hydrogens (tertiary/aromatic N) is 1. The number of nitrogens with one attached hydrogen (secondary N) is 1. The molecule has 1 aliphatic rings. The summed E-state index contributed by atoms with van der Waals surface area (Å²) in [5.74, 6) is -0.116. The van der Waals surface area contributed by atoms with Crippen LogP contribution in [0.2, 0.25) is 0 Å². The lowest BCUT2D eigenvalue weighted by Crippen LogP contribution is -2.28. The zero-order valence-corrected chi connectivity index (χ0v) is 16.7. The smallest absolute Gasteiger partial charge is 0.229 e. The number of carbonyl (C=O) groups is 2. The van der Waals surface area contributed by atoms with Crippen LogP contribution in [0.15, 0.2) is 30.3 Å². The minimum atomic E-state index is -0.536. The van der Waals surface area contributed by atoms with E-state index in [9.17, 15) is 14.0 Å². The van der Waals surface area contributed by atoms with Crippen LogP contribution in [0.4, 0.5) is 15.8 Å². The van der Waals surface area contributed by atoms with Crippen molar-refractivity contribution in [3.05, 3.63) is 41.7 Å². The monoisotopic (exact) mass is 402 g/mol. The maximum absolute atomic E-state index is 13.3. The van der Waals surface area contributed by atoms with E-state index in [2.05, 4.69) is 5.32 Å². The van der Waals surface area contributed by atoms with Crippen molar-refractivity contribution in [2.24, 2.45) is 5.92 Å². The van der Waals surface area contributed by atoms with Gasteiger partial charge in [0.25, 0.3) is 0 Å². The molecular weight excluding hydrogens is 379 g/mol. The summed E-state index contributed by atoms with van der Waals surface area (Å²) in [5, 5.41) is 2.78. The largest absolute Gasteiger partial charge is 0.493 e. The molecule has 2 aromatic carbocycles. The second kappa shape index (κ2) is 8.38. The highest BCUT2D eigenvalue weighted by Crippen LogP contribution is 2.42. The normalized spacial score (nSPS) is 16.0. The van der Waals surface area contributed by atoms with Gasteiger partial charge in [-0.1, -0.05) is 0 Å². The van der Waals surface area contributed by atoms with Crippen LogP contribution in [0.5, 0.6) is 17.2 Å². The number of rotatable bonds is 6. The Morgan fingerprint density at radius 2 is 1.76 bits per heavy atom. The first-order valence-electron chi connectivity index (χ1n) is 9.05. The first-order chi connectivity index (χ1) is 13.9. The van der Waals surface area contributed by atoms with Crippen molar-refractivity contribution in [2.45, 2.75) is 13.3 Å². The van der Waals surface area contributed by atoms with Crippen molar-refractivity contribution in [3.8, 4) is 17.2 Å². The Bertz CT molecular complexity index is 922. The van der Waals surface area contributed by atoms with Gasteiger partial charge < -0.3 is 24.4 Å². The number of aryl methyl sites for hydroxylation is 1. The molecule has 8 heteroatoms. The molecule has 1 fully saturated rings. The highest BCUT2D eigenvalue weighted by Gasteiger charge is 2.36. The van der Waals surface area contributed by atoms with Crippen LogP contribution in [0.3, 0.4) is 0 Å². The van der Waals surface area contributed by atoms with Crippen molar-refractivity contribution < 1.29 is 28.2 Å². The third kappa shape index (κ3) is 4.11. The number of ether oxygens (including phenoxy) is 3. The van der Waals surface area contributed by atoms with Crippen LogP contribution >= 0.6 is 0 Å². The van der Waals surface area contributed by atoms with Crippen molar-refractivity contribution in [1.29, 1.82) is 0 Å². The molecule has 1 heterocycles. The van der Waals surface area contributed by atoms with E-state index in [1.807, 2.05) is 0 Å². The molecular formula is C21H23FN2O5. The summed E-state index contributed by atoms with van der Waals surface area (Å²) in [6, 6.07) is 7.48. The van der Waals surface area contributed by atoms with Gasteiger partial charge in [0.05, 0.1) is 32.9 Å². The fraction of sp³-hybridized carbons (Fsp3) is 0.333. The number of amides is 2. The molecule has 7 nitrogen and oxygen atoms in total. The molecule has 2 amide bonds. The Morgan fingerprint density at radius 3 is 2.31 bits per heavy atom. The van der Waals surface area contributed by atoms with Crippen molar-refractivity contribution in [3.63, 3.8) is 0 Å². The molecule has 29 heavy (non-hydrogen) atoms. The van der Waals surface area contributed by atoms with Crippen molar-refractivity contribution >= 4 is 23.2 Å². The lowest BCUT2D eigenvalue weighted by molar-refractivity contribution is -0.122. The Labute approximate surface area is 168 Å². The van der Waals surface area contributed by atoms with E-state index >= 15 is 0 Å². The maximum Gasteiger partial charge on any atom is 0.229 e.